The van der Waals surface area contributed by atoms with Crippen LogP contribution in [0.15, 0.2) is 97.1 Å². The number of hydrogen-bond acceptors (Lipinski definition) is 2. The van der Waals surface area contributed by atoms with E-state index in [0.29, 0.717) is 22.3 Å². The van der Waals surface area contributed by atoms with Crippen LogP contribution in [-0.4, -0.2) is 11.6 Å². The van der Waals surface area contributed by atoms with E-state index in [1.54, 1.807) is 0 Å². The summed E-state index contributed by atoms with van der Waals surface area (Å²) < 4.78 is 0. The van der Waals surface area contributed by atoms with Gasteiger partial charge >= 0.3 is 0 Å². The maximum Gasteiger partial charge on any atom is 0.195 e. The van der Waals surface area contributed by atoms with Gasteiger partial charge in [-0.05, 0) is 115 Å². The van der Waals surface area contributed by atoms with Gasteiger partial charge in [-0.1, -0.05) is 97.1 Å². The molecule has 0 atom stereocenters. The molecule has 8 aromatic carbocycles. The maximum absolute atomic E-state index is 14.9. The molecule has 0 amide bonds. The highest BCUT2D eigenvalue weighted by Crippen LogP contribution is 2.47. The fraction of sp³-hybridized carbons (Fsp3) is 0.0952. The van der Waals surface area contributed by atoms with Crippen molar-refractivity contribution in [2.45, 2.75) is 27.7 Å². The van der Waals surface area contributed by atoms with Crippen molar-refractivity contribution in [3.05, 3.63) is 142 Å². The summed E-state index contributed by atoms with van der Waals surface area (Å²) >= 11 is 0. The zero-order valence-corrected chi connectivity index (χ0v) is 25.1. The van der Waals surface area contributed by atoms with Crippen molar-refractivity contribution < 1.29 is 9.59 Å². The quantitative estimate of drug-likeness (QED) is 0.172. The third kappa shape index (κ3) is 2.91. The SMILES string of the molecule is Cc1c2c(c(C)c3c4ccccc4c4ccccc4c13)C(=O)c1c(c(C)c3c4ccccc4c4ccccc4c3c1C)C2=O. The molecule has 0 unspecified atom stereocenters. The summed E-state index contributed by atoms with van der Waals surface area (Å²) in [4.78, 5) is 29.9. The molecular formula is C42H28O2. The monoisotopic (exact) mass is 564 g/mol. The molecule has 0 aliphatic heterocycles. The van der Waals surface area contributed by atoms with Crippen molar-refractivity contribution in [2.24, 2.45) is 0 Å². The van der Waals surface area contributed by atoms with Gasteiger partial charge in [0.15, 0.2) is 11.6 Å². The van der Waals surface area contributed by atoms with Gasteiger partial charge in [0, 0.05) is 22.3 Å². The van der Waals surface area contributed by atoms with Crippen LogP contribution in [0.2, 0.25) is 0 Å². The highest BCUT2D eigenvalue weighted by atomic mass is 16.1. The van der Waals surface area contributed by atoms with Gasteiger partial charge in [0.2, 0.25) is 0 Å². The minimum atomic E-state index is -0.0471. The second-order valence-corrected chi connectivity index (χ2v) is 12.3. The molecule has 44 heavy (non-hydrogen) atoms. The number of hydrogen-bond donors (Lipinski definition) is 0. The van der Waals surface area contributed by atoms with E-state index in [0.717, 1.165) is 86.9 Å². The Morgan fingerprint density at radius 1 is 0.295 bits per heavy atom. The topological polar surface area (TPSA) is 34.1 Å². The Hall–Kier alpha value is -5.34. The highest BCUT2D eigenvalue weighted by Gasteiger charge is 2.38. The van der Waals surface area contributed by atoms with Crippen LogP contribution >= 0.6 is 0 Å². The maximum atomic E-state index is 14.9. The lowest BCUT2D eigenvalue weighted by Gasteiger charge is -2.28. The van der Waals surface area contributed by atoms with Gasteiger partial charge in [-0.15, -0.1) is 0 Å². The van der Waals surface area contributed by atoms with Gasteiger partial charge in [0.1, 0.15) is 0 Å². The zero-order chi connectivity index (χ0) is 30.0. The van der Waals surface area contributed by atoms with E-state index in [9.17, 15) is 9.59 Å². The van der Waals surface area contributed by atoms with Gasteiger partial charge in [-0.3, -0.25) is 9.59 Å². The normalized spacial score (nSPS) is 13.1. The van der Waals surface area contributed by atoms with Gasteiger partial charge < -0.3 is 0 Å². The molecule has 9 rings (SSSR count). The number of benzene rings is 8. The minimum absolute atomic E-state index is 0.0471. The van der Waals surface area contributed by atoms with Crippen molar-refractivity contribution in [1.29, 1.82) is 0 Å². The molecule has 2 nitrogen and oxygen atoms in total. The molecule has 0 aromatic heterocycles. The fourth-order valence-electron chi connectivity index (χ4n) is 8.48. The molecule has 0 spiro atoms. The highest BCUT2D eigenvalue weighted by molar-refractivity contribution is 6.38. The lowest BCUT2D eigenvalue weighted by molar-refractivity contribution is 0.0977. The van der Waals surface area contributed by atoms with E-state index in [1.165, 1.54) is 0 Å². The van der Waals surface area contributed by atoms with Crippen LogP contribution in [-0.2, 0) is 0 Å². The number of aryl methyl sites for hydroxylation is 4. The first-order chi connectivity index (χ1) is 21.4. The average Bonchev–Trinajstić information content (AvgIpc) is 3.05. The molecule has 208 valence electrons. The number of fused-ring (bicyclic) bond motifs is 14. The van der Waals surface area contributed by atoms with Gasteiger partial charge in [0.05, 0.1) is 0 Å². The summed E-state index contributed by atoms with van der Waals surface area (Å²) in [5.41, 5.74) is 5.75. The Balaban J connectivity index is 1.50. The van der Waals surface area contributed by atoms with E-state index >= 15 is 0 Å². The van der Waals surface area contributed by atoms with Crippen LogP contribution in [0.1, 0.15) is 54.1 Å². The second kappa shape index (κ2) is 8.61. The Kier molecular flexibility index (Phi) is 4.93. The molecule has 2 heteroatoms. The Morgan fingerprint density at radius 3 is 0.682 bits per heavy atom. The number of ketones is 2. The lowest BCUT2D eigenvalue weighted by atomic mass is 9.72. The Bertz CT molecular complexity index is 2300. The van der Waals surface area contributed by atoms with Crippen molar-refractivity contribution in [3.8, 4) is 0 Å². The van der Waals surface area contributed by atoms with Crippen molar-refractivity contribution in [3.63, 3.8) is 0 Å². The average molecular weight is 565 g/mol. The van der Waals surface area contributed by atoms with E-state index < -0.39 is 0 Å². The standard InChI is InChI=1S/C42H28O2/c1-21-33-29-17-9-5-13-25(29)26-14-6-10-18-30(26)34(33)22(2)38-37(21)41(43)39-23(3)35-31-19-11-7-15-27(31)28-16-8-12-20-32(28)36(35)24(4)40(39)42(38)44/h5-20H,1-4H3. The summed E-state index contributed by atoms with van der Waals surface area (Å²) in [5, 5.41) is 13.3. The van der Waals surface area contributed by atoms with Crippen molar-refractivity contribution >= 4 is 76.2 Å². The van der Waals surface area contributed by atoms with Crippen molar-refractivity contribution in [1.82, 2.24) is 0 Å². The summed E-state index contributed by atoms with van der Waals surface area (Å²) in [7, 11) is 0. The van der Waals surface area contributed by atoms with Gasteiger partial charge in [0.25, 0.3) is 0 Å². The summed E-state index contributed by atoms with van der Waals surface area (Å²) in [6.07, 6.45) is 0. The number of carbonyl (C=O) groups is 2. The smallest absolute Gasteiger partial charge is 0.195 e. The molecule has 0 bridgehead atoms. The molecule has 0 saturated carbocycles. The van der Waals surface area contributed by atoms with Gasteiger partial charge in [-0.2, -0.15) is 0 Å². The second-order valence-electron chi connectivity index (χ2n) is 12.3. The van der Waals surface area contributed by atoms with Crippen molar-refractivity contribution in [2.75, 3.05) is 0 Å². The Labute approximate surface area is 254 Å². The lowest BCUT2D eigenvalue weighted by Crippen LogP contribution is -2.26. The largest absolute Gasteiger partial charge is 0.289 e. The first-order valence-electron chi connectivity index (χ1n) is 15.2. The molecular weight excluding hydrogens is 536 g/mol. The molecule has 1 aliphatic rings. The van der Waals surface area contributed by atoms with Crippen LogP contribution in [0.4, 0.5) is 0 Å². The summed E-state index contributed by atoms with van der Waals surface area (Å²) in [6, 6.07) is 33.7. The third-order valence-corrected chi connectivity index (χ3v) is 10.3. The molecule has 0 heterocycles. The molecule has 0 radical (unpaired) electrons. The summed E-state index contributed by atoms with van der Waals surface area (Å²) in [5.74, 6) is -0.0943. The molecule has 1 aliphatic carbocycles. The number of carbonyl (C=O) groups excluding carboxylic acids is 2. The van der Waals surface area contributed by atoms with Crippen LogP contribution < -0.4 is 0 Å². The first kappa shape index (κ1) is 25.2. The first-order valence-corrected chi connectivity index (χ1v) is 15.2. The zero-order valence-electron chi connectivity index (χ0n) is 25.1. The molecule has 8 aromatic rings. The minimum Gasteiger partial charge on any atom is -0.289 e. The summed E-state index contributed by atoms with van der Waals surface area (Å²) in [6.45, 7) is 8.13. The predicted octanol–water partition coefficient (Wildman–Crippen LogP) is 10.6. The van der Waals surface area contributed by atoms with Crippen LogP contribution in [0.3, 0.4) is 0 Å². The molecule has 0 fully saturated rings. The van der Waals surface area contributed by atoms with Gasteiger partial charge in [-0.25, -0.2) is 0 Å². The van der Waals surface area contributed by atoms with Crippen LogP contribution in [0.5, 0.6) is 0 Å². The predicted molar refractivity (Wildman–Crippen MR) is 184 cm³/mol. The third-order valence-electron chi connectivity index (χ3n) is 10.3. The Morgan fingerprint density at radius 2 is 0.477 bits per heavy atom. The fourth-order valence-corrected chi connectivity index (χ4v) is 8.48. The van der Waals surface area contributed by atoms with Crippen LogP contribution in [0, 0.1) is 27.7 Å². The van der Waals surface area contributed by atoms with E-state index in [1.807, 2.05) is 27.7 Å². The molecule has 0 N–H and O–H groups in total. The van der Waals surface area contributed by atoms with Crippen LogP contribution in [0.25, 0.3) is 64.6 Å². The number of rotatable bonds is 0. The van der Waals surface area contributed by atoms with E-state index in [-0.39, 0.29) is 11.6 Å². The molecule has 0 saturated heterocycles. The van der Waals surface area contributed by atoms with E-state index in [2.05, 4.69) is 97.1 Å². The van der Waals surface area contributed by atoms with E-state index in [4.69, 9.17) is 0 Å².